The number of unbranched alkanes of at least 4 members (excludes halogenated alkanes) is 35. The van der Waals surface area contributed by atoms with Gasteiger partial charge in [-0.25, -0.2) is 0 Å². The van der Waals surface area contributed by atoms with Crippen molar-refractivity contribution in [2.75, 3.05) is 13.2 Å². The number of ether oxygens (including phenoxy) is 3. The zero-order chi connectivity index (χ0) is 55.7. The Morgan fingerprint density at radius 2 is 0.506 bits per heavy atom. The van der Waals surface area contributed by atoms with Crippen LogP contribution in [0.1, 0.15) is 329 Å². The minimum atomic E-state index is -0.794. The zero-order valence-electron chi connectivity index (χ0n) is 51.0. The van der Waals surface area contributed by atoms with E-state index >= 15 is 0 Å². The van der Waals surface area contributed by atoms with Gasteiger partial charge in [0.1, 0.15) is 13.2 Å². The van der Waals surface area contributed by atoms with Crippen LogP contribution < -0.4 is 0 Å². The SMILES string of the molecule is CC/C=C\C/C=C\C/C=C\C/C=C\C/C=C\C/C=C\CCCCCCC(=O)OC(COC(=O)CCCCCCC/C=C\CCCCC)COC(=O)CCCCCCCCCCCCCCCCCCCCCCCCCC. The molecular weight excluding hydrogens is 949 g/mol. The van der Waals surface area contributed by atoms with Crippen molar-refractivity contribution in [1.82, 2.24) is 0 Å². The van der Waals surface area contributed by atoms with Gasteiger partial charge >= 0.3 is 17.9 Å². The summed E-state index contributed by atoms with van der Waals surface area (Å²) in [7, 11) is 0. The van der Waals surface area contributed by atoms with Gasteiger partial charge in [0.15, 0.2) is 6.10 Å². The highest BCUT2D eigenvalue weighted by Crippen LogP contribution is 2.17. The quantitative estimate of drug-likeness (QED) is 0.0261. The average molecular weight is 1070 g/mol. The molecule has 444 valence electrons. The molecule has 0 heterocycles. The van der Waals surface area contributed by atoms with Crippen LogP contribution in [0.4, 0.5) is 0 Å². The van der Waals surface area contributed by atoms with Gasteiger partial charge in [0.25, 0.3) is 0 Å². The summed E-state index contributed by atoms with van der Waals surface area (Å²) in [5, 5.41) is 0. The van der Waals surface area contributed by atoms with E-state index < -0.39 is 6.10 Å². The summed E-state index contributed by atoms with van der Waals surface area (Å²) in [6.45, 7) is 6.51. The van der Waals surface area contributed by atoms with Gasteiger partial charge in [0, 0.05) is 19.3 Å². The summed E-state index contributed by atoms with van der Waals surface area (Å²) in [6, 6.07) is 0. The van der Waals surface area contributed by atoms with Crippen molar-refractivity contribution in [3.63, 3.8) is 0 Å². The predicted octanol–water partition coefficient (Wildman–Crippen LogP) is 22.7. The maximum atomic E-state index is 12.9. The number of esters is 3. The molecule has 0 aromatic rings. The van der Waals surface area contributed by atoms with E-state index in [2.05, 4.69) is 106 Å². The molecule has 0 spiro atoms. The largest absolute Gasteiger partial charge is 0.462 e. The topological polar surface area (TPSA) is 78.9 Å². The first-order chi connectivity index (χ1) is 38.0. The maximum absolute atomic E-state index is 12.9. The predicted molar refractivity (Wildman–Crippen MR) is 334 cm³/mol. The summed E-state index contributed by atoms with van der Waals surface area (Å²) in [5.74, 6) is -0.908. The Morgan fingerprint density at radius 1 is 0.273 bits per heavy atom. The normalized spacial score (nSPS) is 12.6. The molecule has 0 saturated heterocycles. The highest BCUT2D eigenvalue weighted by atomic mass is 16.6. The van der Waals surface area contributed by atoms with Gasteiger partial charge in [-0.05, 0) is 96.3 Å². The van der Waals surface area contributed by atoms with Crippen LogP contribution in [0.5, 0.6) is 0 Å². The molecule has 6 nitrogen and oxygen atoms in total. The molecule has 77 heavy (non-hydrogen) atoms. The van der Waals surface area contributed by atoms with Crippen LogP contribution in [-0.4, -0.2) is 37.2 Å². The Hall–Kier alpha value is -3.41. The van der Waals surface area contributed by atoms with Crippen LogP contribution in [-0.2, 0) is 28.6 Å². The van der Waals surface area contributed by atoms with E-state index in [0.29, 0.717) is 19.3 Å². The molecule has 1 unspecified atom stereocenters. The maximum Gasteiger partial charge on any atom is 0.306 e. The van der Waals surface area contributed by atoms with E-state index in [1.54, 1.807) is 0 Å². The third kappa shape index (κ3) is 63.3. The molecule has 0 aromatic heterocycles. The van der Waals surface area contributed by atoms with E-state index in [9.17, 15) is 14.4 Å². The third-order valence-electron chi connectivity index (χ3n) is 14.4. The van der Waals surface area contributed by atoms with Crippen LogP contribution in [0.2, 0.25) is 0 Å². The van der Waals surface area contributed by atoms with Crippen molar-refractivity contribution in [3.05, 3.63) is 85.1 Å². The third-order valence-corrected chi connectivity index (χ3v) is 14.4. The standard InChI is InChI=1S/C71H124O6/c1-4-7-10-13-16-19-22-25-27-29-31-33-35-37-38-40-42-44-46-49-52-55-58-61-64-70(73)76-67-68(66-75-69(72)63-60-57-54-51-48-24-21-18-15-12-9-6-3)77-71(74)65-62-59-56-53-50-47-45-43-41-39-36-34-32-30-28-26-23-20-17-14-11-8-5-2/h8,11,17-18,20-21,26,28,32,34,39,41,45,47,68H,4-7,9-10,12-16,19,22-25,27,29-31,33,35-38,40,42-44,46,48-67H2,1-3H3/b11-8-,20-17-,21-18-,28-26-,34-32-,41-39-,47-45-. The summed E-state index contributed by atoms with van der Waals surface area (Å²) in [5.41, 5.74) is 0. The van der Waals surface area contributed by atoms with Gasteiger partial charge in [-0.15, -0.1) is 0 Å². The molecule has 0 radical (unpaired) electrons. The van der Waals surface area contributed by atoms with Crippen molar-refractivity contribution in [2.45, 2.75) is 335 Å². The van der Waals surface area contributed by atoms with Crippen LogP contribution >= 0.6 is 0 Å². The van der Waals surface area contributed by atoms with Crippen molar-refractivity contribution >= 4 is 17.9 Å². The fourth-order valence-electron chi connectivity index (χ4n) is 9.44. The minimum absolute atomic E-state index is 0.0870. The van der Waals surface area contributed by atoms with Crippen LogP contribution in [0.25, 0.3) is 0 Å². The molecule has 6 heteroatoms. The molecule has 1 atom stereocenters. The highest BCUT2D eigenvalue weighted by molar-refractivity contribution is 5.71. The second-order valence-corrected chi connectivity index (χ2v) is 22.0. The highest BCUT2D eigenvalue weighted by Gasteiger charge is 2.19. The molecule has 0 rings (SSSR count). The van der Waals surface area contributed by atoms with Gasteiger partial charge in [-0.3, -0.25) is 14.4 Å². The van der Waals surface area contributed by atoms with E-state index in [-0.39, 0.29) is 31.1 Å². The van der Waals surface area contributed by atoms with Gasteiger partial charge < -0.3 is 14.2 Å². The smallest absolute Gasteiger partial charge is 0.306 e. The van der Waals surface area contributed by atoms with Crippen LogP contribution in [0.3, 0.4) is 0 Å². The number of allylic oxidation sites excluding steroid dienone is 14. The molecule has 0 saturated carbocycles. The first kappa shape index (κ1) is 73.6. The van der Waals surface area contributed by atoms with Gasteiger partial charge in [0.05, 0.1) is 0 Å². The molecule has 0 N–H and O–H groups in total. The lowest BCUT2D eigenvalue weighted by Gasteiger charge is -2.18. The fourth-order valence-corrected chi connectivity index (χ4v) is 9.44. The van der Waals surface area contributed by atoms with E-state index in [4.69, 9.17) is 14.2 Å². The van der Waals surface area contributed by atoms with E-state index in [1.807, 2.05) is 0 Å². The monoisotopic (exact) mass is 1070 g/mol. The summed E-state index contributed by atoms with van der Waals surface area (Å²) in [6.07, 6.45) is 86.0. The van der Waals surface area contributed by atoms with Crippen LogP contribution in [0.15, 0.2) is 85.1 Å². The number of carbonyl (C=O) groups is 3. The molecule has 0 fully saturated rings. The van der Waals surface area contributed by atoms with Gasteiger partial charge in [-0.1, -0.05) is 298 Å². The number of hydrogen-bond donors (Lipinski definition) is 0. The lowest BCUT2D eigenvalue weighted by atomic mass is 10.0. The zero-order valence-corrected chi connectivity index (χ0v) is 51.0. The second-order valence-electron chi connectivity index (χ2n) is 22.0. The molecule has 0 amide bonds. The Morgan fingerprint density at radius 3 is 0.831 bits per heavy atom. The fraction of sp³-hybridized carbons (Fsp3) is 0.761. The van der Waals surface area contributed by atoms with E-state index in [1.165, 1.54) is 173 Å². The van der Waals surface area contributed by atoms with Crippen molar-refractivity contribution in [1.29, 1.82) is 0 Å². The molecule has 0 aliphatic carbocycles. The van der Waals surface area contributed by atoms with Crippen molar-refractivity contribution in [3.8, 4) is 0 Å². The molecule has 0 bridgehead atoms. The van der Waals surface area contributed by atoms with E-state index in [0.717, 1.165) is 116 Å². The summed E-state index contributed by atoms with van der Waals surface area (Å²) in [4.78, 5) is 38.3. The number of hydrogen-bond acceptors (Lipinski definition) is 6. The minimum Gasteiger partial charge on any atom is -0.462 e. The Bertz CT molecular complexity index is 1470. The first-order valence-electron chi connectivity index (χ1n) is 33.1. The average Bonchev–Trinajstić information content (AvgIpc) is 3.43. The molecular formula is C71H124O6. The Balaban J connectivity index is 4.32. The van der Waals surface area contributed by atoms with Gasteiger partial charge in [0.2, 0.25) is 0 Å². The number of carbonyl (C=O) groups excluding carboxylic acids is 3. The molecule has 0 aliphatic rings. The van der Waals surface area contributed by atoms with Gasteiger partial charge in [-0.2, -0.15) is 0 Å². The lowest BCUT2D eigenvalue weighted by Crippen LogP contribution is -2.30. The van der Waals surface area contributed by atoms with Crippen molar-refractivity contribution in [2.24, 2.45) is 0 Å². The summed E-state index contributed by atoms with van der Waals surface area (Å²) < 4.78 is 16.9. The van der Waals surface area contributed by atoms with Crippen molar-refractivity contribution < 1.29 is 28.6 Å². The van der Waals surface area contributed by atoms with Crippen LogP contribution in [0, 0.1) is 0 Å². The molecule has 0 aliphatic heterocycles. The molecule has 0 aromatic carbocycles. The summed E-state index contributed by atoms with van der Waals surface area (Å²) >= 11 is 0. The second kappa shape index (κ2) is 65.1. The number of rotatable bonds is 60. The Kier molecular flexibility index (Phi) is 62.2. The lowest BCUT2D eigenvalue weighted by molar-refractivity contribution is -0.167. The first-order valence-corrected chi connectivity index (χ1v) is 33.1. The Labute approximate surface area is 477 Å².